The van der Waals surface area contributed by atoms with Crippen LogP contribution in [0.4, 0.5) is 0 Å². The molecule has 7 heteroatoms. The molecule has 0 fully saturated rings. The van der Waals surface area contributed by atoms with Crippen molar-refractivity contribution in [1.29, 1.82) is 0 Å². The molecular weight excluding hydrogens is 312 g/mol. The van der Waals surface area contributed by atoms with E-state index < -0.39 is 6.10 Å². The van der Waals surface area contributed by atoms with Crippen molar-refractivity contribution >= 4 is 5.91 Å². The molecule has 1 aliphatic rings. The van der Waals surface area contributed by atoms with Gasteiger partial charge in [0.1, 0.15) is 17.6 Å². The lowest BCUT2D eigenvalue weighted by Gasteiger charge is -2.33. The van der Waals surface area contributed by atoms with Crippen molar-refractivity contribution in [1.82, 2.24) is 9.88 Å². The van der Waals surface area contributed by atoms with E-state index in [1.54, 1.807) is 40.2 Å². The van der Waals surface area contributed by atoms with Gasteiger partial charge in [-0.3, -0.25) is 4.79 Å². The zero-order chi connectivity index (χ0) is 17.4. The molecule has 0 saturated carbocycles. The van der Waals surface area contributed by atoms with Crippen molar-refractivity contribution < 1.29 is 23.8 Å². The van der Waals surface area contributed by atoms with Crippen LogP contribution in [0.1, 0.15) is 39.4 Å². The van der Waals surface area contributed by atoms with E-state index >= 15 is 0 Å². The lowest BCUT2D eigenvalue weighted by atomic mass is 9.95. The second-order valence-corrected chi connectivity index (χ2v) is 5.71. The van der Waals surface area contributed by atoms with Crippen molar-refractivity contribution in [3.63, 3.8) is 0 Å². The lowest BCUT2D eigenvalue weighted by molar-refractivity contribution is 0.0509. The number of benzene rings is 1. The molecule has 0 unspecified atom stereocenters. The van der Waals surface area contributed by atoms with Crippen molar-refractivity contribution in [2.45, 2.75) is 26.5 Å². The molecule has 2 heterocycles. The fourth-order valence-corrected chi connectivity index (χ4v) is 3.10. The normalized spacial score (nSPS) is 16.7. The average Bonchev–Trinajstić information content (AvgIpc) is 2.91. The number of β-amino-alcohol motifs (C(OH)–C–C–N with tert-alkyl or cyclic N) is 1. The summed E-state index contributed by atoms with van der Waals surface area (Å²) in [5, 5.41) is 10.6. The summed E-state index contributed by atoms with van der Waals surface area (Å²) >= 11 is 0. The first-order valence-corrected chi connectivity index (χ1v) is 7.61. The molecule has 1 aromatic carbocycles. The Bertz CT molecular complexity index is 784. The summed E-state index contributed by atoms with van der Waals surface area (Å²) in [6, 6.07) is 3.52. The summed E-state index contributed by atoms with van der Waals surface area (Å²) in [5.74, 6) is 1.52. The summed E-state index contributed by atoms with van der Waals surface area (Å²) in [7, 11) is 3.10. The first kappa shape index (κ1) is 16.3. The van der Waals surface area contributed by atoms with Crippen molar-refractivity contribution in [2.75, 3.05) is 20.8 Å². The minimum Gasteiger partial charge on any atom is -0.496 e. The second kappa shape index (κ2) is 6.16. The zero-order valence-corrected chi connectivity index (χ0v) is 14.1. The minimum atomic E-state index is -0.868. The fourth-order valence-electron chi connectivity index (χ4n) is 3.10. The number of aromatic nitrogens is 1. The standard InChI is InChI=1S/C17H20N2O5/c1-9-16(24-10(2)18-9)17(21)19-7-11-13(22-3)5-6-14(23-4)15(11)12(20)8-19/h5-6,12,20H,7-8H2,1-4H3/t12-/m1/s1. The number of amides is 1. The average molecular weight is 332 g/mol. The van der Waals surface area contributed by atoms with Crippen LogP contribution in [0.5, 0.6) is 11.5 Å². The van der Waals surface area contributed by atoms with Gasteiger partial charge in [-0.1, -0.05) is 0 Å². The highest BCUT2D eigenvalue weighted by Crippen LogP contribution is 2.39. The quantitative estimate of drug-likeness (QED) is 0.925. The van der Waals surface area contributed by atoms with Crippen LogP contribution in [0.2, 0.25) is 0 Å². The fraction of sp³-hybridized carbons (Fsp3) is 0.412. The lowest BCUT2D eigenvalue weighted by Crippen LogP contribution is -2.38. The molecular formula is C17H20N2O5. The summed E-state index contributed by atoms with van der Waals surface area (Å²) in [5.41, 5.74) is 1.93. The summed E-state index contributed by atoms with van der Waals surface area (Å²) in [6.07, 6.45) is -0.868. The molecule has 2 aromatic rings. The molecule has 0 spiro atoms. The van der Waals surface area contributed by atoms with Crippen LogP contribution in [0.25, 0.3) is 0 Å². The number of carbonyl (C=O) groups excluding carboxylic acids is 1. The Morgan fingerprint density at radius 1 is 1.29 bits per heavy atom. The third kappa shape index (κ3) is 2.60. The van der Waals surface area contributed by atoms with Crippen LogP contribution in [-0.4, -0.2) is 41.7 Å². The zero-order valence-electron chi connectivity index (χ0n) is 14.1. The van der Waals surface area contributed by atoms with Gasteiger partial charge >= 0.3 is 0 Å². The van der Waals surface area contributed by atoms with E-state index in [0.717, 1.165) is 5.56 Å². The third-order valence-electron chi connectivity index (χ3n) is 4.17. The summed E-state index contributed by atoms with van der Waals surface area (Å²) < 4.78 is 16.1. The predicted octanol–water partition coefficient (Wildman–Crippen LogP) is 2.00. The number of hydrogen-bond donors (Lipinski definition) is 1. The van der Waals surface area contributed by atoms with Gasteiger partial charge in [-0.05, 0) is 19.1 Å². The second-order valence-electron chi connectivity index (χ2n) is 5.71. The van der Waals surface area contributed by atoms with Gasteiger partial charge in [0.2, 0.25) is 5.76 Å². The highest BCUT2D eigenvalue weighted by molar-refractivity contribution is 5.92. The SMILES string of the molecule is COc1ccc(OC)c2c1CN(C(=O)c1oc(C)nc1C)C[C@H]2O. The van der Waals surface area contributed by atoms with Gasteiger partial charge in [0, 0.05) is 18.1 Å². The van der Waals surface area contributed by atoms with Crippen molar-refractivity contribution in [3.05, 3.63) is 40.6 Å². The van der Waals surface area contributed by atoms with Crippen LogP contribution < -0.4 is 9.47 Å². The molecule has 0 saturated heterocycles. The third-order valence-corrected chi connectivity index (χ3v) is 4.17. The molecule has 0 radical (unpaired) electrons. The molecule has 1 aromatic heterocycles. The van der Waals surface area contributed by atoms with E-state index in [1.165, 1.54) is 4.90 Å². The van der Waals surface area contributed by atoms with Crippen LogP contribution >= 0.6 is 0 Å². The molecule has 3 rings (SSSR count). The number of aliphatic hydroxyl groups is 1. The number of aliphatic hydroxyl groups excluding tert-OH is 1. The maximum atomic E-state index is 12.8. The number of aryl methyl sites for hydroxylation is 2. The van der Waals surface area contributed by atoms with Gasteiger partial charge in [-0.15, -0.1) is 0 Å². The van der Waals surface area contributed by atoms with Gasteiger partial charge in [0.15, 0.2) is 5.89 Å². The Morgan fingerprint density at radius 2 is 1.96 bits per heavy atom. The van der Waals surface area contributed by atoms with Crippen LogP contribution in [0.3, 0.4) is 0 Å². The van der Waals surface area contributed by atoms with E-state index in [9.17, 15) is 9.90 Å². The number of hydrogen-bond acceptors (Lipinski definition) is 6. The first-order valence-electron chi connectivity index (χ1n) is 7.61. The van der Waals surface area contributed by atoms with Crippen LogP contribution in [-0.2, 0) is 6.54 Å². The Kier molecular flexibility index (Phi) is 4.19. The van der Waals surface area contributed by atoms with E-state index in [-0.39, 0.29) is 18.2 Å². The van der Waals surface area contributed by atoms with Crippen LogP contribution in [0.15, 0.2) is 16.5 Å². The summed E-state index contributed by atoms with van der Waals surface area (Å²) in [4.78, 5) is 18.4. The van der Waals surface area contributed by atoms with E-state index in [1.807, 2.05) is 0 Å². The highest BCUT2D eigenvalue weighted by atomic mass is 16.5. The van der Waals surface area contributed by atoms with Gasteiger partial charge in [-0.25, -0.2) is 4.98 Å². The molecule has 1 atom stereocenters. The molecule has 0 bridgehead atoms. The van der Waals surface area contributed by atoms with Gasteiger partial charge in [-0.2, -0.15) is 0 Å². The molecule has 1 N–H and O–H groups in total. The van der Waals surface area contributed by atoms with E-state index in [2.05, 4.69) is 4.98 Å². The minimum absolute atomic E-state index is 0.147. The number of nitrogens with zero attached hydrogens (tertiary/aromatic N) is 2. The molecule has 7 nitrogen and oxygen atoms in total. The number of fused-ring (bicyclic) bond motifs is 1. The Hall–Kier alpha value is -2.54. The van der Waals surface area contributed by atoms with E-state index in [4.69, 9.17) is 13.9 Å². The maximum absolute atomic E-state index is 12.8. The smallest absolute Gasteiger partial charge is 0.291 e. The number of ether oxygens (including phenoxy) is 2. The monoisotopic (exact) mass is 332 g/mol. The maximum Gasteiger partial charge on any atom is 0.291 e. The Balaban J connectivity index is 2.00. The Labute approximate surface area is 139 Å². The topological polar surface area (TPSA) is 85.0 Å². The van der Waals surface area contributed by atoms with Gasteiger partial charge < -0.3 is 23.9 Å². The van der Waals surface area contributed by atoms with E-state index in [0.29, 0.717) is 35.2 Å². The highest BCUT2D eigenvalue weighted by Gasteiger charge is 2.34. The first-order chi connectivity index (χ1) is 11.5. The Morgan fingerprint density at radius 3 is 2.54 bits per heavy atom. The number of carbonyl (C=O) groups is 1. The number of rotatable bonds is 3. The largest absolute Gasteiger partial charge is 0.496 e. The molecule has 0 aliphatic carbocycles. The van der Waals surface area contributed by atoms with Gasteiger partial charge in [0.05, 0.1) is 33.0 Å². The number of methoxy groups -OCH3 is 2. The molecule has 24 heavy (non-hydrogen) atoms. The molecule has 128 valence electrons. The van der Waals surface area contributed by atoms with Crippen LogP contribution in [0, 0.1) is 13.8 Å². The van der Waals surface area contributed by atoms with Gasteiger partial charge in [0.25, 0.3) is 5.91 Å². The molecule has 1 amide bonds. The number of oxazole rings is 1. The predicted molar refractivity (Wildman–Crippen MR) is 85.2 cm³/mol. The summed E-state index contributed by atoms with van der Waals surface area (Å²) in [6.45, 7) is 3.86. The van der Waals surface area contributed by atoms with Crippen molar-refractivity contribution in [2.24, 2.45) is 0 Å². The molecule has 1 aliphatic heterocycles. The van der Waals surface area contributed by atoms with Crippen molar-refractivity contribution in [3.8, 4) is 11.5 Å².